The topological polar surface area (TPSA) is 64.9 Å². The zero-order valence-electron chi connectivity index (χ0n) is 15.5. The zero-order chi connectivity index (χ0) is 18.9. The molecular weight excluding hydrogens is 417 g/mol. The van der Waals surface area contributed by atoms with Crippen molar-refractivity contribution in [2.45, 2.75) is 24.7 Å². The lowest BCUT2D eigenvalue weighted by atomic mass is 10.2. The van der Waals surface area contributed by atoms with Crippen LogP contribution in [0.2, 0.25) is 5.02 Å². The van der Waals surface area contributed by atoms with Gasteiger partial charge < -0.3 is 22.5 Å². The molecule has 0 aliphatic rings. The minimum absolute atomic E-state index is 0. The normalized spacial score (nSPS) is 10.5. The number of tetrazole rings is 1. The molecular formula is C19H22Cl2N5OS-. The molecule has 1 N–H and O–H groups in total. The van der Waals surface area contributed by atoms with Crippen molar-refractivity contribution in [2.75, 3.05) is 12.3 Å². The number of hydrogen-bond donors (Lipinski definition) is 1. The monoisotopic (exact) mass is 438 g/mol. The van der Waals surface area contributed by atoms with Gasteiger partial charge in [0.1, 0.15) is 12.4 Å². The summed E-state index contributed by atoms with van der Waals surface area (Å²) < 4.78 is 7.68. The van der Waals surface area contributed by atoms with Gasteiger partial charge >= 0.3 is 0 Å². The fraction of sp³-hybridized carbons (Fsp3) is 0.316. The fourth-order valence-corrected chi connectivity index (χ4v) is 3.37. The zero-order valence-corrected chi connectivity index (χ0v) is 17.8. The fourth-order valence-electron chi connectivity index (χ4n) is 2.46. The second-order valence-corrected chi connectivity index (χ2v) is 7.49. The Balaban J connectivity index is 0.00000280. The lowest BCUT2D eigenvalue weighted by molar-refractivity contribution is -0.00000594. The third-order valence-corrected chi connectivity index (χ3v) is 5.25. The molecule has 28 heavy (non-hydrogen) atoms. The molecule has 0 unspecified atom stereocenters. The van der Waals surface area contributed by atoms with Crippen LogP contribution in [0.15, 0.2) is 53.7 Å². The van der Waals surface area contributed by atoms with Gasteiger partial charge in [0.15, 0.2) is 0 Å². The summed E-state index contributed by atoms with van der Waals surface area (Å²) in [4.78, 5) is 0. The highest BCUT2D eigenvalue weighted by Gasteiger charge is 2.05. The lowest BCUT2D eigenvalue weighted by Gasteiger charge is -2.12. The maximum Gasteiger partial charge on any atom is 0.209 e. The Kier molecular flexibility index (Phi) is 9.57. The number of hydrogen-bond acceptors (Lipinski definition) is 6. The molecule has 0 saturated carbocycles. The van der Waals surface area contributed by atoms with Gasteiger partial charge in [0, 0.05) is 29.9 Å². The van der Waals surface area contributed by atoms with Crippen LogP contribution in [0.25, 0.3) is 0 Å². The number of para-hydroxylation sites is 1. The number of aryl methyl sites for hydroxylation is 1. The Labute approximate surface area is 180 Å². The van der Waals surface area contributed by atoms with Crippen LogP contribution in [0.4, 0.5) is 0 Å². The van der Waals surface area contributed by atoms with Crippen molar-refractivity contribution in [1.29, 1.82) is 0 Å². The predicted molar refractivity (Wildman–Crippen MR) is 108 cm³/mol. The summed E-state index contributed by atoms with van der Waals surface area (Å²) in [6.45, 7) is 2.22. The summed E-state index contributed by atoms with van der Waals surface area (Å²) >= 11 is 7.59. The van der Waals surface area contributed by atoms with Crippen molar-refractivity contribution in [2.24, 2.45) is 7.05 Å². The highest BCUT2D eigenvalue weighted by Crippen LogP contribution is 2.20. The van der Waals surface area contributed by atoms with Crippen LogP contribution in [-0.2, 0) is 20.2 Å². The first-order chi connectivity index (χ1) is 13.2. The van der Waals surface area contributed by atoms with E-state index in [1.807, 2.05) is 49.5 Å². The Morgan fingerprint density at radius 2 is 1.93 bits per heavy atom. The van der Waals surface area contributed by atoms with Crippen LogP contribution in [0.5, 0.6) is 5.75 Å². The van der Waals surface area contributed by atoms with Crippen molar-refractivity contribution in [1.82, 2.24) is 25.5 Å². The van der Waals surface area contributed by atoms with Gasteiger partial charge in [-0.05, 0) is 47.2 Å². The number of nitrogens with zero attached hydrogens (tertiary/aromatic N) is 4. The van der Waals surface area contributed by atoms with Crippen molar-refractivity contribution >= 4 is 23.4 Å². The van der Waals surface area contributed by atoms with Crippen LogP contribution in [0, 0.1) is 0 Å². The minimum Gasteiger partial charge on any atom is -1.00 e. The molecule has 0 aliphatic heterocycles. The molecule has 3 rings (SSSR count). The van der Waals surface area contributed by atoms with Crippen molar-refractivity contribution in [3.63, 3.8) is 0 Å². The molecule has 1 aromatic heterocycles. The van der Waals surface area contributed by atoms with E-state index in [0.29, 0.717) is 6.61 Å². The molecule has 0 saturated heterocycles. The second kappa shape index (κ2) is 11.9. The van der Waals surface area contributed by atoms with Crippen LogP contribution >= 0.6 is 23.4 Å². The second-order valence-electron chi connectivity index (χ2n) is 5.99. The quantitative estimate of drug-likeness (QED) is 0.371. The van der Waals surface area contributed by atoms with Gasteiger partial charge in [-0.1, -0.05) is 53.7 Å². The molecule has 3 aromatic rings. The van der Waals surface area contributed by atoms with E-state index in [0.717, 1.165) is 52.3 Å². The SMILES string of the molecule is Cn1nnnc1SCCCNCc1ccccc1OCc1ccc(Cl)cc1.[Cl-]. The van der Waals surface area contributed by atoms with Gasteiger partial charge in [0.05, 0.1) is 0 Å². The highest BCUT2D eigenvalue weighted by atomic mass is 35.5. The predicted octanol–water partition coefficient (Wildman–Crippen LogP) is 0.718. The largest absolute Gasteiger partial charge is 1.00 e. The molecule has 150 valence electrons. The van der Waals surface area contributed by atoms with Gasteiger partial charge in [0.2, 0.25) is 5.16 Å². The Bertz CT molecular complexity index is 844. The van der Waals surface area contributed by atoms with Crippen molar-refractivity contribution < 1.29 is 17.1 Å². The number of benzene rings is 2. The first-order valence-electron chi connectivity index (χ1n) is 8.73. The summed E-state index contributed by atoms with van der Waals surface area (Å²) in [5, 5.41) is 16.5. The standard InChI is InChI=1S/C19H22ClN5OS.ClH/c1-25-19(22-23-24-25)27-12-4-11-21-13-16-5-2-3-6-18(16)26-14-15-7-9-17(20)10-8-15;/h2-3,5-10,21H,4,11-14H2,1H3;1H/p-1. The number of rotatable bonds is 10. The Morgan fingerprint density at radius 1 is 1.14 bits per heavy atom. The summed E-state index contributed by atoms with van der Waals surface area (Å²) in [7, 11) is 1.85. The van der Waals surface area contributed by atoms with Gasteiger partial charge in [0.25, 0.3) is 0 Å². The molecule has 0 fully saturated rings. The van der Waals surface area contributed by atoms with Gasteiger partial charge in [-0.25, -0.2) is 4.68 Å². The summed E-state index contributed by atoms with van der Waals surface area (Å²) in [5.74, 6) is 1.87. The van der Waals surface area contributed by atoms with Crippen LogP contribution in [-0.4, -0.2) is 32.5 Å². The first kappa shape index (κ1) is 22.5. The number of halogens is 2. The molecule has 0 aliphatic carbocycles. The number of ether oxygens (including phenoxy) is 1. The lowest BCUT2D eigenvalue weighted by Crippen LogP contribution is -3.00. The molecule has 0 atom stereocenters. The van der Waals surface area contributed by atoms with E-state index < -0.39 is 0 Å². The molecule has 0 amide bonds. The summed E-state index contributed by atoms with van der Waals surface area (Å²) in [6.07, 6.45) is 1.03. The third-order valence-electron chi connectivity index (χ3n) is 3.91. The first-order valence-corrected chi connectivity index (χ1v) is 10.1. The van der Waals surface area contributed by atoms with E-state index in [1.165, 1.54) is 0 Å². The minimum atomic E-state index is 0. The summed E-state index contributed by atoms with van der Waals surface area (Å²) in [6, 6.07) is 15.8. The van der Waals surface area contributed by atoms with E-state index in [4.69, 9.17) is 16.3 Å². The summed E-state index contributed by atoms with van der Waals surface area (Å²) in [5.41, 5.74) is 2.24. The number of thioether (sulfide) groups is 1. The maximum atomic E-state index is 5.99. The van der Waals surface area contributed by atoms with E-state index in [9.17, 15) is 0 Å². The average Bonchev–Trinajstić information content (AvgIpc) is 3.10. The van der Waals surface area contributed by atoms with Gasteiger partial charge in [-0.15, -0.1) is 5.10 Å². The van der Waals surface area contributed by atoms with Crippen LogP contribution in [0.1, 0.15) is 17.5 Å². The van der Waals surface area contributed by atoms with E-state index in [-0.39, 0.29) is 12.4 Å². The smallest absolute Gasteiger partial charge is 0.209 e. The van der Waals surface area contributed by atoms with Crippen molar-refractivity contribution in [3.05, 3.63) is 64.7 Å². The molecule has 6 nitrogen and oxygen atoms in total. The number of aromatic nitrogens is 4. The number of nitrogens with one attached hydrogen (secondary N) is 1. The van der Waals surface area contributed by atoms with Gasteiger partial charge in [-0.2, -0.15) is 0 Å². The maximum absolute atomic E-state index is 5.99. The average molecular weight is 439 g/mol. The van der Waals surface area contributed by atoms with E-state index in [2.05, 4.69) is 26.9 Å². The highest BCUT2D eigenvalue weighted by molar-refractivity contribution is 7.99. The van der Waals surface area contributed by atoms with Crippen LogP contribution < -0.4 is 22.5 Å². The molecule has 0 radical (unpaired) electrons. The molecule has 0 bridgehead atoms. The molecule has 0 spiro atoms. The Morgan fingerprint density at radius 3 is 2.68 bits per heavy atom. The third kappa shape index (κ3) is 6.98. The van der Waals surface area contributed by atoms with Gasteiger partial charge in [-0.3, -0.25) is 0 Å². The van der Waals surface area contributed by atoms with Crippen molar-refractivity contribution in [3.8, 4) is 5.75 Å². The van der Waals surface area contributed by atoms with E-state index in [1.54, 1.807) is 16.4 Å². The molecule has 9 heteroatoms. The Hall–Kier alpha value is -1.80. The molecule has 2 aromatic carbocycles. The van der Waals surface area contributed by atoms with Crippen LogP contribution in [0.3, 0.4) is 0 Å². The van der Waals surface area contributed by atoms with E-state index >= 15 is 0 Å². The molecule has 1 heterocycles.